The lowest BCUT2D eigenvalue weighted by Gasteiger charge is -2.29. The van der Waals surface area contributed by atoms with Crippen LogP contribution in [0.25, 0.3) is 0 Å². The minimum Gasteiger partial charge on any atom is -0.457 e. The van der Waals surface area contributed by atoms with Gasteiger partial charge in [-0.1, -0.05) is 20.3 Å². The summed E-state index contributed by atoms with van der Waals surface area (Å²) in [5, 5.41) is 0. The van der Waals surface area contributed by atoms with Crippen molar-refractivity contribution in [2.45, 2.75) is 90.8 Å². The maximum Gasteiger partial charge on any atom is 0.311 e. The van der Waals surface area contributed by atoms with E-state index >= 15 is 0 Å². The van der Waals surface area contributed by atoms with Gasteiger partial charge in [0, 0.05) is 0 Å². The average Bonchev–Trinajstić information content (AvgIpc) is 3.03. The number of hydrogen-bond acceptors (Lipinski definition) is 5. The molecule has 0 aromatic carbocycles. The van der Waals surface area contributed by atoms with Crippen molar-refractivity contribution in [3.8, 4) is 0 Å². The summed E-state index contributed by atoms with van der Waals surface area (Å²) in [6.07, 6.45) is 1.90. The molecule has 0 aliphatic carbocycles. The molecule has 2 unspecified atom stereocenters. The Kier molecular flexibility index (Phi) is 5.75. The van der Waals surface area contributed by atoms with E-state index in [1.807, 2.05) is 13.8 Å². The molecule has 0 aromatic rings. The molecule has 5 nitrogen and oxygen atoms in total. The minimum atomic E-state index is -0.467. The summed E-state index contributed by atoms with van der Waals surface area (Å²) >= 11 is 0. The second-order valence-electron chi connectivity index (χ2n) is 7.94. The van der Waals surface area contributed by atoms with Crippen molar-refractivity contribution in [1.82, 2.24) is 0 Å². The second-order valence-corrected chi connectivity index (χ2v) is 7.94. The van der Waals surface area contributed by atoms with E-state index in [1.165, 1.54) is 0 Å². The molecule has 134 valence electrons. The van der Waals surface area contributed by atoms with Gasteiger partial charge in [0.15, 0.2) is 6.10 Å². The van der Waals surface area contributed by atoms with Gasteiger partial charge in [-0.05, 0) is 40.5 Å². The molecule has 2 aliphatic rings. The standard InChI is InChI=1S/C18H32O5/c1-7-9-17(3,4)16(19)22-12-10-20-15-13(11-21-14(12)15)23-18(5,6)8-2/h12-15H,7-11H2,1-6H3/t12?,13?,14-,15-/m1/s1. The first kappa shape index (κ1) is 18.7. The summed E-state index contributed by atoms with van der Waals surface area (Å²) in [6, 6.07) is 0. The van der Waals surface area contributed by atoms with Gasteiger partial charge in [0.1, 0.15) is 18.3 Å². The molecule has 0 amide bonds. The van der Waals surface area contributed by atoms with Crippen LogP contribution in [0.2, 0.25) is 0 Å². The van der Waals surface area contributed by atoms with Gasteiger partial charge >= 0.3 is 5.97 Å². The molecule has 0 aromatic heterocycles. The highest BCUT2D eigenvalue weighted by Gasteiger charge is 2.51. The molecule has 23 heavy (non-hydrogen) atoms. The summed E-state index contributed by atoms with van der Waals surface area (Å²) in [4.78, 5) is 12.4. The van der Waals surface area contributed by atoms with Crippen LogP contribution in [0.4, 0.5) is 0 Å². The van der Waals surface area contributed by atoms with Crippen LogP contribution >= 0.6 is 0 Å². The lowest BCUT2D eigenvalue weighted by Crippen LogP contribution is -2.40. The fraction of sp³-hybridized carbons (Fsp3) is 0.944. The van der Waals surface area contributed by atoms with Crippen LogP contribution in [0.1, 0.15) is 60.8 Å². The monoisotopic (exact) mass is 328 g/mol. The molecular formula is C18H32O5. The van der Waals surface area contributed by atoms with Crippen LogP contribution in [0.3, 0.4) is 0 Å². The summed E-state index contributed by atoms with van der Waals surface area (Å²) in [5.41, 5.74) is -0.671. The summed E-state index contributed by atoms with van der Waals surface area (Å²) in [5.74, 6) is -0.171. The molecule has 4 atom stereocenters. The molecule has 0 spiro atoms. The highest BCUT2D eigenvalue weighted by molar-refractivity contribution is 5.76. The van der Waals surface area contributed by atoms with Crippen molar-refractivity contribution >= 4 is 5.97 Å². The van der Waals surface area contributed by atoms with E-state index in [9.17, 15) is 4.79 Å². The first-order chi connectivity index (χ1) is 10.7. The normalized spacial score (nSPS) is 31.2. The van der Waals surface area contributed by atoms with Crippen LogP contribution in [0.15, 0.2) is 0 Å². The van der Waals surface area contributed by atoms with Crippen molar-refractivity contribution in [3.05, 3.63) is 0 Å². The van der Waals surface area contributed by atoms with Crippen LogP contribution in [-0.4, -0.2) is 49.2 Å². The Morgan fingerprint density at radius 2 is 1.61 bits per heavy atom. The van der Waals surface area contributed by atoms with Gasteiger partial charge in [-0.15, -0.1) is 0 Å². The minimum absolute atomic E-state index is 0.0951. The molecule has 2 aliphatic heterocycles. The van der Waals surface area contributed by atoms with E-state index in [2.05, 4.69) is 27.7 Å². The van der Waals surface area contributed by atoms with E-state index in [0.717, 1.165) is 19.3 Å². The summed E-state index contributed by atoms with van der Waals surface area (Å²) in [7, 11) is 0. The van der Waals surface area contributed by atoms with Gasteiger partial charge in [-0.2, -0.15) is 0 Å². The molecule has 0 N–H and O–H groups in total. The maximum atomic E-state index is 12.4. The smallest absolute Gasteiger partial charge is 0.311 e. The predicted octanol–water partition coefficient (Wildman–Crippen LogP) is 3.10. The lowest BCUT2D eigenvalue weighted by atomic mass is 9.88. The topological polar surface area (TPSA) is 54.0 Å². The van der Waals surface area contributed by atoms with Gasteiger partial charge in [-0.25, -0.2) is 0 Å². The third-order valence-corrected chi connectivity index (χ3v) is 4.97. The average molecular weight is 328 g/mol. The van der Waals surface area contributed by atoms with E-state index in [1.54, 1.807) is 0 Å². The van der Waals surface area contributed by atoms with E-state index in [0.29, 0.717) is 13.2 Å². The summed E-state index contributed by atoms with van der Waals surface area (Å²) < 4.78 is 23.5. The van der Waals surface area contributed by atoms with Crippen LogP contribution < -0.4 is 0 Å². The summed E-state index contributed by atoms with van der Waals surface area (Å²) in [6.45, 7) is 13.0. The fourth-order valence-corrected chi connectivity index (χ4v) is 3.15. The zero-order valence-corrected chi connectivity index (χ0v) is 15.4. The van der Waals surface area contributed by atoms with Gasteiger partial charge in [0.2, 0.25) is 0 Å². The van der Waals surface area contributed by atoms with E-state index in [4.69, 9.17) is 18.9 Å². The first-order valence-electron chi connectivity index (χ1n) is 8.82. The zero-order chi connectivity index (χ0) is 17.3. The van der Waals surface area contributed by atoms with Crippen LogP contribution in [0.5, 0.6) is 0 Å². The maximum absolute atomic E-state index is 12.4. The Balaban J connectivity index is 1.93. The van der Waals surface area contributed by atoms with E-state index in [-0.39, 0.29) is 36.0 Å². The molecule has 2 rings (SSSR count). The van der Waals surface area contributed by atoms with Crippen molar-refractivity contribution < 1.29 is 23.7 Å². The Labute approximate surface area is 140 Å². The van der Waals surface area contributed by atoms with Gasteiger partial charge < -0.3 is 18.9 Å². The number of ether oxygens (including phenoxy) is 4. The van der Waals surface area contributed by atoms with Crippen LogP contribution in [0, 0.1) is 5.41 Å². The van der Waals surface area contributed by atoms with Crippen molar-refractivity contribution in [3.63, 3.8) is 0 Å². The lowest BCUT2D eigenvalue weighted by molar-refractivity contribution is -0.165. The van der Waals surface area contributed by atoms with Gasteiger partial charge in [0.25, 0.3) is 0 Å². The Morgan fingerprint density at radius 1 is 1.04 bits per heavy atom. The molecule has 2 saturated heterocycles. The SMILES string of the molecule is CCCC(C)(C)C(=O)OC1CO[C@@H]2C(OC(C)(C)CC)CO[C@H]12. The Bertz CT molecular complexity index is 418. The molecular weight excluding hydrogens is 296 g/mol. The van der Waals surface area contributed by atoms with E-state index < -0.39 is 5.41 Å². The quantitative estimate of drug-likeness (QED) is 0.672. The number of carbonyl (C=O) groups excluding carboxylic acids is 1. The van der Waals surface area contributed by atoms with Crippen LogP contribution in [-0.2, 0) is 23.7 Å². The highest BCUT2D eigenvalue weighted by atomic mass is 16.7. The van der Waals surface area contributed by atoms with Crippen molar-refractivity contribution in [2.24, 2.45) is 5.41 Å². The molecule has 2 heterocycles. The number of fused-ring (bicyclic) bond motifs is 1. The predicted molar refractivity (Wildman–Crippen MR) is 87.3 cm³/mol. The number of carbonyl (C=O) groups is 1. The third kappa shape index (κ3) is 4.25. The molecule has 0 saturated carbocycles. The largest absolute Gasteiger partial charge is 0.457 e. The molecule has 2 fully saturated rings. The Hall–Kier alpha value is -0.650. The fourth-order valence-electron chi connectivity index (χ4n) is 3.15. The van der Waals surface area contributed by atoms with Crippen molar-refractivity contribution in [2.75, 3.05) is 13.2 Å². The third-order valence-electron chi connectivity index (χ3n) is 4.97. The second kappa shape index (κ2) is 7.08. The molecule has 5 heteroatoms. The van der Waals surface area contributed by atoms with Gasteiger partial charge in [-0.3, -0.25) is 4.79 Å². The number of esters is 1. The molecule has 0 bridgehead atoms. The highest BCUT2D eigenvalue weighted by Crippen LogP contribution is 2.34. The number of rotatable bonds is 7. The zero-order valence-electron chi connectivity index (χ0n) is 15.4. The first-order valence-corrected chi connectivity index (χ1v) is 8.82. The van der Waals surface area contributed by atoms with Gasteiger partial charge in [0.05, 0.1) is 24.2 Å². The number of hydrogen-bond donors (Lipinski definition) is 0. The van der Waals surface area contributed by atoms with Crippen molar-refractivity contribution in [1.29, 1.82) is 0 Å². The Morgan fingerprint density at radius 3 is 2.17 bits per heavy atom. The molecule has 0 radical (unpaired) electrons.